The Morgan fingerprint density at radius 1 is 1.05 bits per heavy atom. The number of aromatic nitrogens is 1. The number of nitrogens with zero attached hydrogens (tertiary/aromatic N) is 2. The molecular weight excluding hydrogens is 307 g/mol. The summed E-state index contributed by atoms with van der Waals surface area (Å²) in [7, 11) is 0. The monoisotopic (exact) mass is 314 g/mol. The predicted molar refractivity (Wildman–Crippen MR) is 83.0 cm³/mol. The van der Waals surface area contributed by atoms with Crippen molar-refractivity contribution >= 4 is 34.1 Å². The smallest absolute Gasteiger partial charge is 0.156 e. The molecule has 0 saturated heterocycles. The third kappa shape index (κ3) is 2.64. The van der Waals surface area contributed by atoms with Crippen LogP contribution in [0.4, 0.5) is 0 Å². The van der Waals surface area contributed by atoms with E-state index in [-0.39, 0.29) is 0 Å². The van der Waals surface area contributed by atoms with E-state index in [2.05, 4.69) is 11.1 Å². The first-order valence-corrected chi connectivity index (χ1v) is 6.85. The molecule has 1 aromatic heterocycles. The summed E-state index contributed by atoms with van der Waals surface area (Å²) >= 11 is 11.9. The summed E-state index contributed by atoms with van der Waals surface area (Å²) in [5, 5.41) is 10.8. The Morgan fingerprint density at radius 3 is 2.62 bits per heavy atom. The first-order chi connectivity index (χ1) is 10.2. The highest BCUT2D eigenvalue weighted by atomic mass is 35.5. The number of ether oxygens (including phenoxy) is 1. The van der Waals surface area contributed by atoms with E-state index in [1.807, 2.05) is 24.3 Å². The molecule has 3 aromatic rings. The largest absolute Gasteiger partial charge is 0.455 e. The molecule has 0 amide bonds. The van der Waals surface area contributed by atoms with Gasteiger partial charge >= 0.3 is 0 Å². The number of para-hydroxylation sites is 1. The lowest BCUT2D eigenvalue weighted by molar-refractivity contribution is 0.486. The highest BCUT2D eigenvalue weighted by Crippen LogP contribution is 2.34. The zero-order valence-corrected chi connectivity index (χ0v) is 12.2. The Balaban J connectivity index is 2.14. The first-order valence-electron chi connectivity index (χ1n) is 6.10. The Labute approximate surface area is 131 Å². The van der Waals surface area contributed by atoms with E-state index in [0.29, 0.717) is 27.1 Å². The molecule has 0 fully saturated rings. The molecule has 3 nitrogen and oxygen atoms in total. The Bertz CT molecular complexity index is 872. The maximum absolute atomic E-state index is 9.24. The minimum Gasteiger partial charge on any atom is -0.455 e. The molecule has 0 saturated carbocycles. The third-order valence-electron chi connectivity index (χ3n) is 2.96. The zero-order chi connectivity index (χ0) is 14.8. The normalized spacial score (nSPS) is 10.3. The van der Waals surface area contributed by atoms with Gasteiger partial charge in [-0.3, -0.25) is 4.98 Å². The number of halogens is 2. The van der Waals surface area contributed by atoms with Crippen LogP contribution in [-0.2, 0) is 0 Å². The maximum Gasteiger partial charge on any atom is 0.156 e. The van der Waals surface area contributed by atoms with Crippen molar-refractivity contribution in [3.63, 3.8) is 0 Å². The van der Waals surface area contributed by atoms with Gasteiger partial charge in [-0.25, -0.2) is 0 Å². The van der Waals surface area contributed by atoms with E-state index < -0.39 is 0 Å². The van der Waals surface area contributed by atoms with Gasteiger partial charge in [-0.2, -0.15) is 5.26 Å². The summed E-state index contributed by atoms with van der Waals surface area (Å²) in [5.41, 5.74) is 1.12. The van der Waals surface area contributed by atoms with Crippen LogP contribution in [0.1, 0.15) is 5.56 Å². The minimum absolute atomic E-state index is 0.361. The minimum atomic E-state index is 0.361. The number of rotatable bonds is 2. The molecule has 1 heterocycles. The Hall–Kier alpha value is -2.28. The SMILES string of the molecule is N#Cc1cnc2ccccc2c1Oc1ccc(Cl)c(Cl)c1. The van der Waals surface area contributed by atoms with E-state index in [4.69, 9.17) is 27.9 Å². The molecule has 0 aliphatic rings. The average molecular weight is 315 g/mol. The second-order valence-electron chi connectivity index (χ2n) is 4.31. The molecule has 102 valence electrons. The van der Waals surface area contributed by atoms with Gasteiger partial charge in [0.2, 0.25) is 0 Å². The molecule has 0 atom stereocenters. The lowest BCUT2D eigenvalue weighted by Crippen LogP contribution is -1.92. The molecule has 0 N–H and O–H groups in total. The van der Waals surface area contributed by atoms with Crippen molar-refractivity contribution in [1.82, 2.24) is 4.98 Å². The molecule has 21 heavy (non-hydrogen) atoms. The van der Waals surface area contributed by atoms with Crippen LogP contribution < -0.4 is 4.74 Å². The summed E-state index contributed by atoms with van der Waals surface area (Å²) < 4.78 is 5.84. The summed E-state index contributed by atoms with van der Waals surface area (Å²) in [6.07, 6.45) is 1.50. The van der Waals surface area contributed by atoms with Crippen LogP contribution >= 0.6 is 23.2 Å². The fourth-order valence-corrected chi connectivity index (χ4v) is 2.25. The number of benzene rings is 2. The van der Waals surface area contributed by atoms with Crippen molar-refractivity contribution in [2.75, 3.05) is 0 Å². The topological polar surface area (TPSA) is 45.9 Å². The summed E-state index contributed by atoms with van der Waals surface area (Å²) in [4.78, 5) is 4.24. The fourth-order valence-electron chi connectivity index (χ4n) is 1.96. The Morgan fingerprint density at radius 2 is 1.86 bits per heavy atom. The standard InChI is InChI=1S/C16H8Cl2N2O/c17-13-6-5-11(7-14(13)18)21-16-10(8-19)9-20-15-4-2-1-3-12(15)16/h1-7,9H. The lowest BCUT2D eigenvalue weighted by Gasteiger charge is -2.10. The molecule has 2 aromatic carbocycles. The molecular formula is C16H8Cl2N2O. The summed E-state index contributed by atoms with van der Waals surface area (Å²) in [5.74, 6) is 0.971. The zero-order valence-electron chi connectivity index (χ0n) is 10.7. The van der Waals surface area contributed by atoms with Gasteiger partial charge in [-0.15, -0.1) is 0 Å². The second-order valence-corrected chi connectivity index (χ2v) is 5.12. The van der Waals surface area contributed by atoms with Crippen LogP contribution in [0.2, 0.25) is 10.0 Å². The van der Waals surface area contributed by atoms with Crippen molar-refractivity contribution in [2.24, 2.45) is 0 Å². The molecule has 0 unspecified atom stereocenters. The molecule has 5 heteroatoms. The van der Waals surface area contributed by atoms with E-state index in [0.717, 1.165) is 10.9 Å². The molecule has 0 radical (unpaired) electrons. The summed E-state index contributed by atoms with van der Waals surface area (Å²) in [6, 6.07) is 14.5. The van der Waals surface area contributed by atoms with Gasteiger partial charge in [0.25, 0.3) is 0 Å². The van der Waals surface area contributed by atoms with E-state index in [1.165, 1.54) is 6.20 Å². The van der Waals surface area contributed by atoms with Crippen LogP contribution in [0.5, 0.6) is 11.5 Å². The fraction of sp³-hybridized carbons (Fsp3) is 0. The van der Waals surface area contributed by atoms with Crippen LogP contribution in [0.15, 0.2) is 48.7 Å². The van der Waals surface area contributed by atoms with Gasteiger partial charge in [0, 0.05) is 17.6 Å². The number of fused-ring (bicyclic) bond motifs is 1. The number of pyridine rings is 1. The van der Waals surface area contributed by atoms with E-state index >= 15 is 0 Å². The quantitative estimate of drug-likeness (QED) is 0.652. The third-order valence-corrected chi connectivity index (χ3v) is 3.70. The van der Waals surface area contributed by atoms with Crippen molar-refractivity contribution in [1.29, 1.82) is 5.26 Å². The van der Waals surface area contributed by atoms with Gasteiger partial charge in [0.15, 0.2) is 5.75 Å². The highest BCUT2D eigenvalue weighted by Gasteiger charge is 2.11. The van der Waals surface area contributed by atoms with Crippen LogP contribution in [0.3, 0.4) is 0 Å². The predicted octanol–water partition coefficient (Wildman–Crippen LogP) is 5.21. The van der Waals surface area contributed by atoms with Gasteiger partial charge in [-0.1, -0.05) is 35.3 Å². The maximum atomic E-state index is 9.24. The van der Waals surface area contributed by atoms with Crippen molar-refractivity contribution in [2.45, 2.75) is 0 Å². The van der Waals surface area contributed by atoms with Gasteiger partial charge in [0.1, 0.15) is 17.4 Å². The van der Waals surface area contributed by atoms with Crippen LogP contribution in [0, 0.1) is 11.3 Å². The molecule has 0 aliphatic carbocycles. The van der Waals surface area contributed by atoms with Crippen LogP contribution in [-0.4, -0.2) is 4.98 Å². The number of hydrogen-bond acceptors (Lipinski definition) is 3. The van der Waals surface area contributed by atoms with Crippen LogP contribution in [0.25, 0.3) is 10.9 Å². The Kier molecular flexibility index (Phi) is 3.66. The van der Waals surface area contributed by atoms with E-state index in [9.17, 15) is 5.26 Å². The first kappa shape index (κ1) is 13.7. The van der Waals surface area contributed by atoms with Crippen molar-refractivity contribution in [3.8, 4) is 17.6 Å². The molecule has 0 spiro atoms. The lowest BCUT2D eigenvalue weighted by atomic mass is 10.1. The number of nitriles is 1. The van der Waals surface area contributed by atoms with E-state index in [1.54, 1.807) is 18.2 Å². The summed E-state index contributed by atoms with van der Waals surface area (Å²) in [6.45, 7) is 0. The second kappa shape index (κ2) is 5.61. The molecule has 0 bridgehead atoms. The van der Waals surface area contributed by atoms with Gasteiger partial charge in [0.05, 0.1) is 15.6 Å². The molecule has 3 rings (SSSR count). The van der Waals surface area contributed by atoms with Gasteiger partial charge < -0.3 is 4.74 Å². The van der Waals surface area contributed by atoms with Gasteiger partial charge in [-0.05, 0) is 24.3 Å². The van der Waals surface area contributed by atoms with Crippen molar-refractivity contribution < 1.29 is 4.74 Å². The van der Waals surface area contributed by atoms with Crippen molar-refractivity contribution in [3.05, 3.63) is 64.3 Å². The highest BCUT2D eigenvalue weighted by molar-refractivity contribution is 6.42. The number of hydrogen-bond donors (Lipinski definition) is 0. The molecule has 0 aliphatic heterocycles. The average Bonchev–Trinajstić information content (AvgIpc) is 2.51.